The lowest BCUT2D eigenvalue weighted by Crippen LogP contribution is -2.04. The third kappa shape index (κ3) is 3.22. The van der Waals surface area contributed by atoms with Crippen molar-refractivity contribution in [2.24, 2.45) is 0 Å². The Labute approximate surface area is 137 Å². The first-order valence-electron chi connectivity index (χ1n) is 7.06. The van der Waals surface area contributed by atoms with Gasteiger partial charge in [0, 0.05) is 23.1 Å². The van der Waals surface area contributed by atoms with E-state index in [1.165, 1.54) is 24.3 Å². The molecule has 1 heterocycles. The summed E-state index contributed by atoms with van der Waals surface area (Å²) in [4.78, 5) is 11.7. The molecule has 3 rings (SSSR count). The number of halogens is 2. The van der Waals surface area contributed by atoms with E-state index < -0.39 is 11.4 Å². The molecule has 2 aromatic carbocycles. The third-order valence-corrected chi connectivity index (χ3v) is 4.02. The highest BCUT2D eigenvalue weighted by atomic mass is 35.5. The van der Waals surface area contributed by atoms with E-state index in [-0.39, 0.29) is 11.6 Å². The van der Waals surface area contributed by atoms with Gasteiger partial charge in [-0.2, -0.15) is 0 Å². The van der Waals surface area contributed by atoms with Gasteiger partial charge in [-0.05, 0) is 49.2 Å². The van der Waals surface area contributed by atoms with Gasteiger partial charge in [-0.15, -0.1) is 0 Å². The fourth-order valence-electron chi connectivity index (χ4n) is 2.33. The van der Waals surface area contributed by atoms with Crippen molar-refractivity contribution in [1.29, 1.82) is 0 Å². The maximum absolute atomic E-state index is 13.2. The van der Waals surface area contributed by atoms with Crippen LogP contribution in [0.15, 0.2) is 45.6 Å². The molecule has 23 heavy (non-hydrogen) atoms. The molecule has 5 heteroatoms. The van der Waals surface area contributed by atoms with E-state index in [1.807, 2.05) is 26.0 Å². The highest BCUT2D eigenvalue weighted by Crippen LogP contribution is 2.25. The van der Waals surface area contributed by atoms with Crippen molar-refractivity contribution in [3.63, 3.8) is 0 Å². The molecule has 3 nitrogen and oxygen atoms in total. The van der Waals surface area contributed by atoms with Crippen LogP contribution in [-0.4, -0.2) is 0 Å². The number of hydrogen-bond donors (Lipinski definition) is 0. The van der Waals surface area contributed by atoms with Crippen LogP contribution in [0.2, 0.25) is 5.02 Å². The summed E-state index contributed by atoms with van der Waals surface area (Å²) in [6, 6.07) is 9.34. The van der Waals surface area contributed by atoms with Gasteiger partial charge in [0.15, 0.2) is 0 Å². The summed E-state index contributed by atoms with van der Waals surface area (Å²) in [6.07, 6.45) is 0. The predicted molar refractivity (Wildman–Crippen MR) is 87.7 cm³/mol. The summed E-state index contributed by atoms with van der Waals surface area (Å²) in [5, 5.41) is 0.812. The Kier molecular flexibility index (Phi) is 4.09. The summed E-state index contributed by atoms with van der Waals surface area (Å²) in [6.45, 7) is 4.11. The molecule has 0 unspecified atom stereocenters. The Morgan fingerprint density at radius 3 is 2.61 bits per heavy atom. The summed E-state index contributed by atoms with van der Waals surface area (Å²) in [7, 11) is 0. The van der Waals surface area contributed by atoms with Gasteiger partial charge in [0.2, 0.25) is 0 Å². The number of aryl methyl sites for hydroxylation is 2. The van der Waals surface area contributed by atoms with Crippen LogP contribution in [0.1, 0.15) is 16.7 Å². The number of ether oxygens (including phenoxy) is 1. The second kappa shape index (κ2) is 6.05. The van der Waals surface area contributed by atoms with Crippen molar-refractivity contribution in [1.82, 2.24) is 0 Å². The molecule has 1 aromatic heterocycles. The average molecular weight is 333 g/mol. The third-order valence-electron chi connectivity index (χ3n) is 3.73. The zero-order valence-electron chi connectivity index (χ0n) is 12.7. The van der Waals surface area contributed by atoms with Crippen LogP contribution in [0.3, 0.4) is 0 Å². The molecule has 3 aromatic rings. The van der Waals surface area contributed by atoms with Crippen molar-refractivity contribution in [2.45, 2.75) is 20.5 Å². The fraction of sp³-hybridized carbons (Fsp3) is 0.167. The van der Waals surface area contributed by atoms with Crippen LogP contribution in [0.4, 0.5) is 4.39 Å². The van der Waals surface area contributed by atoms with E-state index in [1.54, 1.807) is 0 Å². The topological polar surface area (TPSA) is 39.4 Å². The summed E-state index contributed by atoms with van der Waals surface area (Å²) < 4.78 is 24.0. The SMILES string of the molecule is Cc1cc2oc(=O)cc(COc3ccc(F)c(Cl)c3)c2cc1C. The Balaban J connectivity index is 1.97. The molecule has 0 radical (unpaired) electrons. The molecule has 0 aliphatic carbocycles. The summed E-state index contributed by atoms with van der Waals surface area (Å²) in [5.41, 5.74) is 2.94. The molecule has 0 spiro atoms. The van der Waals surface area contributed by atoms with Crippen molar-refractivity contribution in [3.05, 3.63) is 74.3 Å². The molecular weight excluding hydrogens is 319 g/mol. The van der Waals surface area contributed by atoms with Crippen LogP contribution in [0.25, 0.3) is 11.0 Å². The fourth-order valence-corrected chi connectivity index (χ4v) is 2.50. The zero-order chi connectivity index (χ0) is 16.6. The zero-order valence-corrected chi connectivity index (χ0v) is 13.4. The molecule has 0 saturated heterocycles. The normalized spacial score (nSPS) is 11.0. The Morgan fingerprint density at radius 2 is 1.87 bits per heavy atom. The minimum atomic E-state index is -0.504. The van der Waals surface area contributed by atoms with Crippen molar-refractivity contribution < 1.29 is 13.5 Å². The van der Waals surface area contributed by atoms with E-state index in [2.05, 4.69) is 0 Å². The Morgan fingerprint density at radius 1 is 1.13 bits per heavy atom. The Bertz CT molecular complexity index is 947. The van der Waals surface area contributed by atoms with Gasteiger partial charge < -0.3 is 9.15 Å². The number of benzene rings is 2. The van der Waals surface area contributed by atoms with Gasteiger partial charge in [0.1, 0.15) is 23.8 Å². The molecule has 0 aliphatic heterocycles. The van der Waals surface area contributed by atoms with Gasteiger partial charge in [-0.25, -0.2) is 9.18 Å². The lowest BCUT2D eigenvalue weighted by molar-refractivity contribution is 0.306. The van der Waals surface area contributed by atoms with Crippen molar-refractivity contribution in [2.75, 3.05) is 0 Å². The van der Waals surface area contributed by atoms with Crippen molar-refractivity contribution >= 4 is 22.6 Å². The van der Waals surface area contributed by atoms with E-state index in [4.69, 9.17) is 20.8 Å². The molecule has 0 atom stereocenters. The van der Waals surface area contributed by atoms with Crippen LogP contribution in [0.5, 0.6) is 5.75 Å². The minimum absolute atomic E-state index is 0.00796. The monoisotopic (exact) mass is 332 g/mol. The highest BCUT2D eigenvalue weighted by Gasteiger charge is 2.09. The molecule has 0 aliphatic rings. The van der Waals surface area contributed by atoms with Gasteiger partial charge in [0.25, 0.3) is 0 Å². The number of rotatable bonds is 3. The smallest absolute Gasteiger partial charge is 0.336 e. The first-order chi connectivity index (χ1) is 10.9. The van der Waals surface area contributed by atoms with E-state index in [9.17, 15) is 9.18 Å². The minimum Gasteiger partial charge on any atom is -0.489 e. The first-order valence-corrected chi connectivity index (χ1v) is 7.43. The lowest BCUT2D eigenvalue weighted by Gasteiger charge is -2.10. The van der Waals surface area contributed by atoms with Gasteiger partial charge in [-0.1, -0.05) is 11.6 Å². The lowest BCUT2D eigenvalue weighted by atomic mass is 10.0. The van der Waals surface area contributed by atoms with E-state index >= 15 is 0 Å². The molecular formula is C18H14ClFO3. The average Bonchev–Trinajstić information content (AvgIpc) is 2.50. The van der Waals surface area contributed by atoms with E-state index in [0.717, 1.165) is 16.5 Å². The van der Waals surface area contributed by atoms with Gasteiger partial charge >= 0.3 is 5.63 Å². The summed E-state index contributed by atoms with van der Waals surface area (Å²) in [5.74, 6) is -0.0717. The maximum Gasteiger partial charge on any atom is 0.336 e. The van der Waals surface area contributed by atoms with Crippen molar-refractivity contribution in [3.8, 4) is 5.75 Å². The molecule has 118 valence electrons. The molecule has 0 N–H and O–H groups in total. The van der Waals surface area contributed by atoms with Crippen LogP contribution < -0.4 is 10.4 Å². The standard InChI is InChI=1S/C18H14ClFO3/c1-10-5-14-12(7-18(21)23-17(14)6-11(10)2)9-22-13-3-4-16(20)15(19)8-13/h3-8H,9H2,1-2H3. The van der Waals surface area contributed by atoms with Crippen LogP contribution in [-0.2, 0) is 6.61 Å². The number of fused-ring (bicyclic) bond motifs is 1. The van der Waals surface area contributed by atoms with E-state index in [0.29, 0.717) is 16.9 Å². The maximum atomic E-state index is 13.2. The second-order valence-corrected chi connectivity index (χ2v) is 5.80. The molecule has 0 amide bonds. The predicted octanol–water partition coefficient (Wildman–Crippen LogP) is 4.78. The summed E-state index contributed by atoms with van der Waals surface area (Å²) >= 11 is 5.73. The van der Waals surface area contributed by atoms with Gasteiger partial charge in [-0.3, -0.25) is 0 Å². The highest BCUT2D eigenvalue weighted by molar-refractivity contribution is 6.30. The Hall–Kier alpha value is -2.33. The molecule has 0 saturated carbocycles. The molecule has 0 bridgehead atoms. The number of hydrogen-bond acceptors (Lipinski definition) is 3. The quantitative estimate of drug-likeness (QED) is 0.648. The van der Waals surface area contributed by atoms with Crippen LogP contribution in [0, 0.1) is 19.7 Å². The second-order valence-electron chi connectivity index (χ2n) is 5.39. The first kappa shape index (κ1) is 15.6. The molecule has 0 fully saturated rings. The van der Waals surface area contributed by atoms with Crippen LogP contribution >= 0.6 is 11.6 Å². The largest absolute Gasteiger partial charge is 0.489 e. The van der Waals surface area contributed by atoms with Gasteiger partial charge in [0.05, 0.1) is 5.02 Å².